The third-order valence-electron chi connectivity index (χ3n) is 4.62. The fourth-order valence-electron chi connectivity index (χ4n) is 3.62. The summed E-state index contributed by atoms with van der Waals surface area (Å²) in [7, 11) is 1.90. The van der Waals surface area contributed by atoms with Crippen molar-refractivity contribution in [2.24, 2.45) is 5.92 Å². The third kappa shape index (κ3) is 2.08. The smallest absolute Gasteiger partial charge is 0.239 e. The summed E-state index contributed by atoms with van der Waals surface area (Å²) in [6.07, 6.45) is 6.23. The number of likely N-dealkylation sites (tertiary alicyclic amines) is 1. The number of nitrogens with one attached hydrogen (secondary N) is 1. The Hall–Kier alpha value is -0.610. The molecule has 0 radical (unpaired) electrons. The van der Waals surface area contributed by atoms with Gasteiger partial charge in [-0.05, 0) is 32.1 Å². The lowest BCUT2D eigenvalue weighted by Crippen LogP contribution is -2.49. The van der Waals surface area contributed by atoms with E-state index in [1.54, 1.807) is 0 Å². The lowest BCUT2D eigenvalue weighted by Gasteiger charge is -2.34. The van der Waals surface area contributed by atoms with Crippen molar-refractivity contribution < 1.29 is 9.53 Å². The van der Waals surface area contributed by atoms with Crippen LogP contribution in [0.15, 0.2) is 0 Å². The molecular formula is C13H22N2O2. The fraction of sp³-hybridized carbons (Fsp3) is 0.923. The van der Waals surface area contributed by atoms with Crippen LogP contribution < -0.4 is 5.32 Å². The van der Waals surface area contributed by atoms with E-state index < -0.39 is 0 Å². The molecule has 1 saturated carbocycles. The standard InChI is InChI=1S/C13H22N2O2/c1-15-7-5-11(13(15)16)14-10-3-2-4-12-9(10)6-8-17-12/h9-12,14H,2-8H2,1H3/t9-,10-,11+,12-/m1/s1. The van der Waals surface area contributed by atoms with E-state index >= 15 is 0 Å². The largest absolute Gasteiger partial charge is 0.378 e. The average molecular weight is 238 g/mol. The number of amides is 1. The van der Waals surface area contributed by atoms with E-state index in [0.29, 0.717) is 18.1 Å². The second-order valence-corrected chi connectivity index (χ2v) is 5.67. The number of ether oxygens (including phenoxy) is 1. The maximum absolute atomic E-state index is 11.9. The van der Waals surface area contributed by atoms with Crippen molar-refractivity contribution in [2.45, 2.75) is 50.3 Å². The zero-order chi connectivity index (χ0) is 11.8. The zero-order valence-electron chi connectivity index (χ0n) is 10.5. The van der Waals surface area contributed by atoms with E-state index in [1.165, 1.54) is 25.7 Å². The van der Waals surface area contributed by atoms with Crippen molar-refractivity contribution >= 4 is 5.91 Å². The number of likely N-dealkylation sites (N-methyl/N-ethyl adjacent to an activating group) is 1. The number of fused-ring (bicyclic) bond motifs is 1. The Balaban J connectivity index is 1.62. The van der Waals surface area contributed by atoms with Gasteiger partial charge in [-0.25, -0.2) is 0 Å². The summed E-state index contributed by atoms with van der Waals surface area (Å²) in [6.45, 7) is 1.81. The number of carbonyl (C=O) groups excluding carboxylic acids is 1. The summed E-state index contributed by atoms with van der Waals surface area (Å²) < 4.78 is 5.76. The molecule has 0 aromatic heterocycles. The van der Waals surface area contributed by atoms with E-state index in [2.05, 4.69) is 5.32 Å². The highest BCUT2D eigenvalue weighted by molar-refractivity contribution is 5.83. The molecule has 4 heteroatoms. The van der Waals surface area contributed by atoms with Gasteiger partial charge in [0.1, 0.15) is 0 Å². The summed E-state index contributed by atoms with van der Waals surface area (Å²) >= 11 is 0. The molecule has 0 bridgehead atoms. The summed E-state index contributed by atoms with van der Waals surface area (Å²) in [4.78, 5) is 13.7. The third-order valence-corrected chi connectivity index (χ3v) is 4.62. The molecule has 0 aromatic carbocycles. The highest BCUT2D eigenvalue weighted by Gasteiger charge is 2.40. The topological polar surface area (TPSA) is 41.6 Å². The van der Waals surface area contributed by atoms with Gasteiger partial charge < -0.3 is 15.0 Å². The average Bonchev–Trinajstić information content (AvgIpc) is 2.91. The molecule has 4 atom stereocenters. The molecule has 3 fully saturated rings. The Morgan fingerprint density at radius 1 is 1.29 bits per heavy atom. The molecule has 2 saturated heterocycles. The van der Waals surface area contributed by atoms with Gasteiger partial charge in [0.15, 0.2) is 0 Å². The van der Waals surface area contributed by atoms with E-state index in [-0.39, 0.29) is 11.9 Å². The number of hydrogen-bond acceptors (Lipinski definition) is 3. The van der Waals surface area contributed by atoms with Gasteiger partial charge >= 0.3 is 0 Å². The Labute approximate surface area is 103 Å². The summed E-state index contributed by atoms with van der Waals surface area (Å²) in [5, 5.41) is 3.60. The molecule has 3 rings (SSSR count). The molecule has 17 heavy (non-hydrogen) atoms. The molecule has 1 amide bonds. The monoisotopic (exact) mass is 238 g/mol. The molecule has 1 aliphatic carbocycles. The summed E-state index contributed by atoms with van der Waals surface area (Å²) in [6, 6.07) is 0.557. The molecule has 0 aromatic rings. The Morgan fingerprint density at radius 3 is 2.94 bits per heavy atom. The molecule has 2 aliphatic heterocycles. The second kappa shape index (κ2) is 4.58. The van der Waals surface area contributed by atoms with Crippen LogP contribution in [0.2, 0.25) is 0 Å². The zero-order valence-corrected chi connectivity index (χ0v) is 10.5. The first-order chi connectivity index (χ1) is 8.25. The van der Waals surface area contributed by atoms with Crippen LogP contribution >= 0.6 is 0 Å². The minimum atomic E-state index is 0.0596. The predicted octanol–water partition coefficient (Wildman–Crippen LogP) is 0.764. The quantitative estimate of drug-likeness (QED) is 0.772. The molecule has 1 N–H and O–H groups in total. The minimum absolute atomic E-state index is 0.0596. The molecule has 4 nitrogen and oxygen atoms in total. The second-order valence-electron chi connectivity index (χ2n) is 5.67. The van der Waals surface area contributed by atoms with E-state index in [0.717, 1.165) is 19.6 Å². The van der Waals surface area contributed by atoms with Crippen LogP contribution in [-0.4, -0.2) is 49.2 Å². The van der Waals surface area contributed by atoms with Crippen LogP contribution in [0.3, 0.4) is 0 Å². The first-order valence-corrected chi connectivity index (χ1v) is 6.88. The van der Waals surface area contributed by atoms with Crippen LogP contribution in [0.4, 0.5) is 0 Å². The lowest BCUT2D eigenvalue weighted by molar-refractivity contribution is -0.128. The van der Waals surface area contributed by atoms with Crippen LogP contribution in [0.1, 0.15) is 32.1 Å². The van der Waals surface area contributed by atoms with Crippen LogP contribution in [0.25, 0.3) is 0 Å². The maximum atomic E-state index is 11.9. The van der Waals surface area contributed by atoms with Crippen LogP contribution in [-0.2, 0) is 9.53 Å². The minimum Gasteiger partial charge on any atom is -0.378 e. The predicted molar refractivity (Wildman–Crippen MR) is 64.7 cm³/mol. The SMILES string of the molecule is CN1CC[C@H](N[C@@H]2CCC[C@H]3OCC[C@H]23)C1=O. The first-order valence-electron chi connectivity index (χ1n) is 6.88. The highest BCUT2D eigenvalue weighted by Crippen LogP contribution is 2.34. The van der Waals surface area contributed by atoms with Crippen molar-refractivity contribution in [3.8, 4) is 0 Å². The molecule has 3 aliphatic rings. The molecular weight excluding hydrogens is 216 g/mol. The molecule has 0 spiro atoms. The van der Waals surface area contributed by atoms with Crippen molar-refractivity contribution in [2.75, 3.05) is 20.2 Å². The maximum Gasteiger partial charge on any atom is 0.239 e. The van der Waals surface area contributed by atoms with Crippen molar-refractivity contribution in [1.29, 1.82) is 0 Å². The lowest BCUT2D eigenvalue weighted by atomic mass is 9.81. The van der Waals surface area contributed by atoms with Gasteiger partial charge in [-0.2, -0.15) is 0 Å². The van der Waals surface area contributed by atoms with Gasteiger partial charge in [0.05, 0.1) is 12.1 Å². The summed E-state index contributed by atoms with van der Waals surface area (Å²) in [5.74, 6) is 0.911. The van der Waals surface area contributed by atoms with Gasteiger partial charge in [0.2, 0.25) is 5.91 Å². The number of hydrogen-bond donors (Lipinski definition) is 1. The van der Waals surface area contributed by atoms with E-state index in [9.17, 15) is 4.79 Å². The number of nitrogens with zero attached hydrogens (tertiary/aromatic N) is 1. The van der Waals surface area contributed by atoms with Crippen molar-refractivity contribution in [1.82, 2.24) is 10.2 Å². The number of carbonyl (C=O) groups is 1. The van der Waals surface area contributed by atoms with Crippen molar-refractivity contribution in [3.63, 3.8) is 0 Å². The van der Waals surface area contributed by atoms with Gasteiger partial charge in [0, 0.05) is 32.2 Å². The van der Waals surface area contributed by atoms with Crippen LogP contribution in [0, 0.1) is 5.92 Å². The first kappa shape index (κ1) is 11.5. The van der Waals surface area contributed by atoms with Gasteiger partial charge in [-0.15, -0.1) is 0 Å². The summed E-state index contributed by atoms with van der Waals surface area (Å²) in [5.41, 5.74) is 0. The Kier molecular flexibility index (Phi) is 3.09. The van der Waals surface area contributed by atoms with Gasteiger partial charge in [0.25, 0.3) is 0 Å². The normalized spacial score (nSPS) is 41.9. The van der Waals surface area contributed by atoms with Gasteiger partial charge in [-0.3, -0.25) is 4.79 Å². The molecule has 0 unspecified atom stereocenters. The Morgan fingerprint density at radius 2 is 2.18 bits per heavy atom. The number of rotatable bonds is 2. The van der Waals surface area contributed by atoms with E-state index in [4.69, 9.17) is 4.74 Å². The van der Waals surface area contributed by atoms with Crippen LogP contribution in [0.5, 0.6) is 0 Å². The fourth-order valence-corrected chi connectivity index (χ4v) is 3.62. The molecule has 96 valence electrons. The molecule has 2 heterocycles. The van der Waals surface area contributed by atoms with Crippen molar-refractivity contribution in [3.05, 3.63) is 0 Å². The Bertz CT molecular complexity index is 308. The van der Waals surface area contributed by atoms with Gasteiger partial charge in [-0.1, -0.05) is 0 Å². The van der Waals surface area contributed by atoms with E-state index in [1.807, 2.05) is 11.9 Å². The highest BCUT2D eigenvalue weighted by atomic mass is 16.5.